The first-order chi connectivity index (χ1) is 8.09. The van der Waals surface area contributed by atoms with Crippen LogP contribution in [-0.4, -0.2) is 28.8 Å². The fourth-order valence-corrected chi connectivity index (χ4v) is 2.03. The van der Waals surface area contributed by atoms with Crippen LogP contribution in [0.15, 0.2) is 35.2 Å². The van der Waals surface area contributed by atoms with Crippen LogP contribution in [0.4, 0.5) is 0 Å². The van der Waals surface area contributed by atoms with Crippen LogP contribution in [0.5, 0.6) is 0 Å². The number of amides is 1. The van der Waals surface area contributed by atoms with Gasteiger partial charge in [-0.15, -0.1) is 11.8 Å². The molecule has 1 atom stereocenters. The average molecular weight is 253 g/mol. The van der Waals surface area contributed by atoms with E-state index in [0.717, 1.165) is 4.90 Å². The van der Waals surface area contributed by atoms with Crippen LogP contribution in [0, 0.1) is 0 Å². The van der Waals surface area contributed by atoms with Gasteiger partial charge in [-0.1, -0.05) is 18.2 Å². The van der Waals surface area contributed by atoms with Gasteiger partial charge in [0.25, 0.3) is 0 Å². The minimum atomic E-state index is -1.02. The molecule has 92 valence electrons. The minimum absolute atomic E-state index is 0.233. The van der Waals surface area contributed by atoms with Crippen molar-refractivity contribution in [3.8, 4) is 0 Å². The van der Waals surface area contributed by atoms with Crippen molar-refractivity contribution >= 4 is 23.6 Å². The molecule has 0 radical (unpaired) electrons. The highest BCUT2D eigenvalue weighted by molar-refractivity contribution is 7.99. The maximum Gasteiger partial charge on any atom is 0.325 e. The van der Waals surface area contributed by atoms with Crippen molar-refractivity contribution in [3.63, 3.8) is 0 Å². The van der Waals surface area contributed by atoms with Gasteiger partial charge in [0.1, 0.15) is 6.04 Å². The number of aliphatic carboxylic acids is 1. The Bertz CT molecular complexity index is 381. The summed E-state index contributed by atoms with van der Waals surface area (Å²) in [6.45, 7) is 1.45. The second-order valence-corrected chi connectivity index (χ2v) is 4.71. The third-order valence-corrected chi connectivity index (χ3v) is 3.10. The van der Waals surface area contributed by atoms with Crippen LogP contribution < -0.4 is 5.32 Å². The molecular formula is C12H15NO3S. The fourth-order valence-electron chi connectivity index (χ4n) is 1.15. The molecule has 1 amide bonds. The first-order valence-corrected chi connectivity index (χ1v) is 6.28. The zero-order valence-corrected chi connectivity index (χ0v) is 10.4. The zero-order chi connectivity index (χ0) is 12.7. The number of carbonyl (C=O) groups excluding carboxylic acids is 1. The van der Waals surface area contributed by atoms with Crippen molar-refractivity contribution in [3.05, 3.63) is 30.3 Å². The second-order valence-electron chi connectivity index (χ2n) is 3.54. The highest BCUT2D eigenvalue weighted by atomic mass is 32.2. The summed E-state index contributed by atoms with van der Waals surface area (Å²) in [5, 5.41) is 11.0. The number of carboxylic acid groups (broad SMARTS) is 1. The van der Waals surface area contributed by atoms with Crippen molar-refractivity contribution in [1.82, 2.24) is 5.32 Å². The topological polar surface area (TPSA) is 66.4 Å². The van der Waals surface area contributed by atoms with E-state index < -0.39 is 12.0 Å². The van der Waals surface area contributed by atoms with Gasteiger partial charge < -0.3 is 10.4 Å². The molecule has 1 unspecified atom stereocenters. The zero-order valence-electron chi connectivity index (χ0n) is 9.55. The largest absolute Gasteiger partial charge is 0.480 e. The van der Waals surface area contributed by atoms with Gasteiger partial charge in [-0.2, -0.15) is 0 Å². The summed E-state index contributed by atoms with van der Waals surface area (Å²) in [7, 11) is 0. The lowest BCUT2D eigenvalue weighted by Crippen LogP contribution is -2.38. The molecule has 0 saturated heterocycles. The first kappa shape index (κ1) is 13.6. The molecule has 1 aromatic rings. The number of carboxylic acids is 1. The summed E-state index contributed by atoms with van der Waals surface area (Å²) in [6, 6.07) is 8.93. The highest BCUT2D eigenvalue weighted by Gasteiger charge is 2.13. The minimum Gasteiger partial charge on any atom is -0.480 e. The van der Waals surface area contributed by atoms with Gasteiger partial charge in [-0.05, 0) is 19.1 Å². The predicted octanol–water partition coefficient (Wildman–Crippen LogP) is 1.76. The van der Waals surface area contributed by atoms with E-state index in [2.05, 4.69) is 5.32 Å². The van der Waals surface area contributed by atoms with Crippen LogP contribution in [0.1, 0.15) is 13.3 Å². The Morgan fingerprint density at radius 2 is 2.00 bits per heavy atom. The van der Waals surface area contributed by atoms with Gasteiger partial charge in [0.15, 0.2) is 0 Å². The summed E-state index contributed by atoms with van der Waals surface area (Å²) in [6.07, 6.45) is 0.317. The molecule has 4 nitrogen and oxygen atoms in total. The molecule has 1 rings (SSSR count). The average Bonchev–Trinajstić information content (AvgIpc) is 2.30. The number of rotatable bonds is 6. The van der Waals surface area contributed by atoms with Crippen molar-refractivity contribution in [2.24, 2.45) is 0 Å². The van der Waals surface area contributed by atoms with Crippen LogP contribution in [0.2, 0.25) is 0 Å². The SMILES string of the molecule is CC(NC(=O)CCSc1ccccc1)C(=O)O. The van der Waals surface area contributed by atoms with Crippen LogP contribution in [0.25, 0.3) is 0 Å². The van der Waals surface area contributed by atoms with Gasteiger partial charge in [0.2, 0.25) is 5.91 Å². The third-order valence-electron chi connectivity index (χ3n) is 2.09. The van der Waals surface area contributed by atoms with Gasteiger partial charge in [0, 0.05) is 17.1 Å². The Morgan fingerprint density at radius 1 is 1.35 bits per heavy atom. The lowest BCUT2D eigenvalue weighted by atomic mass is 10.3. The molecule has 0 heterocycles. The van der Waals surface area contributed by atoms with Crippen LogP contribution in [-0.2, 0) is 9.59 Å². The maximum absolute atomic E-state index is 11.4. The van der Waals surface area contributed by atoms with E-state index >= 15 is 0 Å². The summed E-state index contributed by atoms with van der Waals surface area (Å²) in [4.78, 5) is 23.0. The van der Waals surface area contributed by atoms with Gasteiger partial charge in [-0.25, -0.2) is 0 Å². The summed E-state index contributed by atoms with van der Waals surface area (Å²) in [5.74, 6) is -0.611. The maximum atomic E-state index is 11.4. The lowest BCUT2D eigenvalue weighted by Gasteiger charge is -2.08. The van der Waals surface area contributed by atoms with Gasteiger partial charge in [-0.3, -0.25) is 9.59 Å². The molecule has 0 saturated carbocycles. The molecule has 1 aromatic carbocycles. The van der Waals surface area contributed by atoms with Gasteiger partial charge in [0.05, 0.1) is 0 Å². The lowest BCUT2D eigenvalue weighted by molar-refractivity contribution is -0.141. The monoisotopic (exact) mass is 253 g/mol. The third kappa shape index (κ3) is 5.40. The molecule has 0 aromatic heterocycles. The predicted molar refractivity (Wildman–Crippen MR) is 67.0 cm³/mol. The number of hydrogen-bond donors (Lipinski definition) is 2. The number of carbonyl (C=O) groups is 2. The Balaban J connectivity index is 2.23. The van der Waals surface area contributed by atoms with E-state index in [1.54, 1.807) is 11.8 Å². The number of benzene rings is 1. The van der Waals surface area contributed by atoms with Crippen molar-refractivity contribution < 1.29 is 14.7 Å². The van der Waals surface area contributed by atoms with E-state index in [9.17, 15) is 9.59 Å². The molecule has 0 aliphatic carbocycles. The number of nitrogens with one attached hydrogen (secondary N) is 1. The molecule has 5 heteroatoms. The van der Waals surface area contributed by atoms with E-state index in [1.807, 2.05) is 30.3 Å². The second kappa shape index (κ2) is 6.96. The quantitative estimate of drug-likeness (QED) is 0.758. The molecule has 0 bridgehead atoms. The van der Waals surface area contributed by atoms with Crippen LogP contribution >= 0.6 is 11.8 Å². The number of thioether (sulfide) groups is 1. The van der Waals surface area contributed by atoms with E-state index in [1.165, 1.54) is 6.92 Å². The van der Waals surface area contributed by atoms with Crippen molar-refractivity contribution in [2.75, 3.05) is 5.75 Å². The van der Waals surface area contributed by atoms with E-state index in [0.29, 0.717) is 12.2 Å². The van der Waals surface area contributed by atoms with Gasteiger partial charge >= 0.3 is 5.97 Å². The van der Waals surface area contributed by atoms with Crippen molar-refractivity contribution in [1.29, 1.82) is 0 Å². The summed E-state index contributed by atoms with van der Waals surface area (Å²) in [5.41, 5.74) is 0. The molecule has 0 spiro atoms. The van der Waals surface area contributed by atoms with Crippen molar-refractivity contribution in [2.45, 2.75) is 24.3 Å². The highest BCUT2D eigenvalue weighted by Crippen LogP contribution is 2.17. The first-order valence-electron chi connectivity index (χ1n) is 5.29. The molecule has 0 aliphatic heterocycles. The smallest absolute Gasteiger partial charge is 0.325 e. The Hall–Kier alpha value is -1.49. The molecule has 17 heavy (non-hydrogen) atoms. The Kier molecular flexibility index (Phi) is 5.56. The fraction of sp³-hybridized carbons (Fsp3) is 0.333. The molecule has 0 fully saturated rings. The Labute approximate surface area is 104 Å². The summed E-state index contributed by atoms with van der Waals surface area (Å²) < 4.78 is 0. The van der Waals surface area contributed by atoms with Crippen LogP contribution in [0.3, 0.4) is 0 Å². The number of hydrogen-bond acceptors (Lipinski definition) is 3. The van der Waals surface area contributed by atoms with E-state index in [-0.39, 0.29) is 5.91 Å². The Morgan fingerprint density at radius 3 is 2.59 bits per heavy atom. The summed E-state index contributed by atoms with van der Waals surface area (Å²) >= 11 is 1.58. The molecule has 2 N–H and O–H groups in total. The standard InChI is InChI=1S/C12H15NO3S/c1-9(12(15)16)13-11(14)7-8-17-10-5-3-2-4-6-10/h2-6,9H,7-8H2,1H3,(H,13,14)(H,15,16). The van der Waals surface area contributed by atoms with E-state index in [4.69, 9.17) is 5.11 Å². The molecular weight excluding hydrogens is 238 g/mol. The molecule has 0 aliphatic rings. The normalized spacial score (nSPS) is 11.8.